The van der Waals surface area contributed by atoms with Gasteiger partial charge in [0.15, 0.2) is 6.29 Å². The molecular weight excluding hydrogens is 117 g/mol. The van der Waals surface area contributed by atoms with Crippen LogP contribution in [-0.2, 0) is 0 Å². The highest BCUT2D eigenvalue weighted by Crippen LogP contribution is 1.77. The van der Waals surface area contributed by atoms with Gasteiger partial charge in [-0.3, -0.25) is 0 Å². The van der Waals surface area contributed by atoms with Crippen LogP contribution < -0.4 is 5.73 Å². The topological polar surface area (TPSA) is 66.5 Å². The Hall–Kier alpha value is 0.170. The first kappa shape index (κ1) is 10.2. The number of halogens is 1. The minimum atomic E-state index is -1.37. The predicted molar refractivity (Wildman–Crippen MR) is 29.1 cm³/mol. The first-order valence-corrected chi connectivity index (χ1v) is 1.76. The van der Waals surface area contributed by atoms with Crippen molar-refractivity contribution in [2.75, 3.05) is 0 Å². The van der Waals surface area contributed by atoms with Gasteiger partial charge in [-0.1, -0.05) is 0 Å². The van der Waals surface area contributed by atoms with E-state index in [0.717, 1.165) is 0 Å². The molecule has 0 fully saturated rings. The van der Waals surface area contributed by atoms with Gasteiger partial charge < -0.3 is 15.9 Å². The lowest BCUT2D eigenvalue weighted by atomic mass is 10.4. The molecule has 0 aliphatic carbocycles. The Kier molecular flexibility index (Phi) is 6.32. The van der Waals surface area contributed by atoms with Gasteiger partial charge in [0.1, 0.15) is 0 Å². The summed E-state index contributed by atoms with van der Waals surface area (Å²) in [6, 6.07) is -0.537. The summed E-state index contributed by atoms with van der Waals surface area (Å²) in [6.07, 6.45) is -1.37. The summed E-state index contributed by atoms with van der Waals surface area (Å²) in [5.74, 6) is 0. The van der Waals surface area contributed by atoms with Gasteiger partial charge in [-0.2, -0.15) is 0 Å². The van der Waals surface area contributed by atoms with Crippen molar-refractivity contribution in [1.29, 1.82) is 0 Å². The average molecular weight is 128 g/mol. The Balaban J connectivity index is 0. The molecule has 46 valence electrons. The molecule has 0 aromatic heterocycles. The average Bonchev–Trinajstić information content (AvgIpc) is 1.36. The molecular formula is C3H10ClNO2. The molecule has 0 radical (unpaired) electrons. The standard InChI is InChI=1S/C3H9NO2.ClH/c1-2(4)3(5)6;/h2-3,5-6H,4H2,1H3;1H. The van der Waals surface area contributed by atoms with Gasteiger partial charge in [0.2, 0.25) is 0 Å². The molecule has 0 rings (SSSR count). The van der Waals surface area contributed by atoms with Crippen molar-refractivity contribution in [3.63, 3.8) is 0 Å². The van der Waals surface area contributed by atoms with E-state index in [4.69, 9.17) is 15.9 Å². The van der Waals surface area contributed by atoms with Crippen molar-refractivity contribution >= 4 is 12.4 Å². The van der Waals surface area contributed by atoms with Crippen molar-refractivity contribution in [3.8, 4) is 0 Å². The zero-order valence-corrected chi connectivity index (χ0v) is 4.85. The molecule has 0 amide bonds. The quantitative estimate of drug-likeness (QED) is 0.399. The van der Waals surface area contributed by atoms with Gasteiger partial charge in [-0.05, 0) is 6.92 Å². The molecule has 0 aromatic carbocycles. The molecule has 4 N–H and O–H groups in total. The summed E-state index contributed by atoms with van der Waals surface area (Å²) in [6.45, 7) is 1.52. The smallest absolute Gasteiger partial charge is 0.166 e. The maximum absolute atomic E-state index is 8.06. The van der Waals surface area contributed by atoms with Crippen molar-refractivity contribution in [2.45, 2.75) is 19.3 Å². The zero-order chi connectivity index (χ0) is 5.15. The van der Waals surface area contributed by atoms with E-state index >= 15 is 0 Å². The highest BCUT2D eigenvalue weighted by Gasteiger charge is 2.00. The summed E-state index contributed by atoms with van der Waals surface area (Å²) in [4.78, 5) is 0. The Morgan fingerprint density at radius 2 is 1.57 bits per heavy atom. The first-order chi connectivity index (χ1) is 2.64. The highest BCUT2D eigenvalue weighted by atomic mass is 35.5. The van der Waals surface area contributed by atoms with Gasteiger partial charge in [-0.15, -0.1) is 12.4 Å². The lowest BCUT2D eigenvalue weighted by molar-refractivity contribution is -0.0538. The zero-order valence-electron chi connectivity index (χ0n) is 4.03. The van der Waals surface area contributed by atoms with E-state index in [1.165, 1.54) is 6.92 Å². The summed E-state index contributed by atoms with van der Waals surface area (Å²) in [5.41, 5.74) is 4.94. The number of nitrogens with two attached hydrogens (primary N) is 1. The van der Waals surface area contributed by atoms with Crippen molar-refractivity contribution < 1.29 is 10.2 Å². The molecule has 0 saturated heterocycles. The first-order valence-electron chi connectivity index (χ1n) is 1.76. The monoisotopic (exact) mass is 127 g/mol. The van der Waals surface area contributed by atoms with Gasteiger partial charge >= 0.3 is 0 Å². The van der Waals surface area contributed by atoms with Crippen LogP contribution in [0.2, 0.25) is 0 Å². The summed E-state index contributed by atoms with van der Waals surface area (Å²) < 4.78 is 0. The maximum atomic E-state index is 8.06. The van der Waals surface area contributed by atoms with Crippen LogP contribution in [0.15, 0.2) is 0 Å². The number of hydrogen-bond donors (Lipinski definition) is 3. The highest BCUT2D eigenvalue weighted by molar-refractivity contribution is 5.85. The summed E-state index contributed by atoms with van der Waals surface area (Å²) in [5, 5.41) is 16.1. The molecule has 0 aliphatic rings. The van der Waals surface area contributed by atoms with Gasteiger partial charge in [0, 0.05) is 0 Å². The third-order valence-corrected chi connectivity index (χ3v) is 0.470. The van der Waals surface area contributed by atoms with Crippen molar-refractivity contribution in [1.82, 2.24) is 0 Å². The molecule has 7 heavy (non-hydrogen) atoms. The van der Waals surface area contributed by atoms with Crippen LogP contribution in [0.4, 0.5) is 0 Å². The molecule has 0 heterocycles. The normalized spacial score (nSPS) is 13.3. The molecule has 1 atom stereocenters. The minimum absolute atomic E-state index is 0. The van der Waals surface area contributed by atoms with E-state index in [9.17, 15) is 0 Å². The van der Waals surface area contributed by atoms with Crippen LogP contribution >= 0.6 is 12.4 Å². The molecule has 4 heteroatoms. The van der Waals surface area contributed by atoms with Gasteiger partial charge in [-0.25, -0.2) is 0 Å². The third-order valence-electron chi connectivity index (χ3n) is 0.470. The van der Waals surface area contributed by atoms with E-state index in [1.807, 2.05) is 0 Å². The predicted octanol–water partition coefficient (Wildman–Crippen LogP) is -0.934. The van der Waals surface area contributed by atoms with Crippen LogP contribution in [0, 0.1) is 0 Å². The summed E-state index contributed by atoms with van der Waals surface area (Å²) in [7, 11) is 0. The van der Waals surface area contributed by atoms with Crippen molar-refractivity contribution in [2.24, 2.45) is 5.73 Å². The maximum Gasteiger partial charge on any atom is 0.166 e. The lowest BCUT2D eigenvalue weighted by Crippen LogP contribution is -2.30. The van der Waals surface area contributed by atoms with Crippen LogP contribution in [0.3, 0.4) is 0 Å². The molecule has 3 nitrogen and oxygen atoms in total. The second kappa shape index (κ2) is 4.33. The van der Waals surface area contributed by atoms with Crippen molar-refractivity contribution in [3.05, 3.63) is 0 Å². The molecule has 0 bridgehead atoms. The van der Waals surface area contributed by atoms with E-state index in [-0.39, 0.29) is 12.4 Å². The Morgan fingerprint density at radius 1 is 1.43 bits per heavy atom. The largest absolute Gasteiger partial charge is 0.367 e. The second-order valence-electron chi connectivity index (χ2n) is 1.27. The number of rotatable bonds is 1. The van der Waals surface area contributed by atoms with Crippen LogP contribution in [0.5, 0.6) is 0 Å². The fourth-order valence-electron chi connectivity index (χ4n) is 0. The third kappa shape index (κ3) is 6.17. The minimum Gasteiger partial charge on any atom is -0.367 e. The van der Waals surface area contributed by atoms with E-state index < -0.39 is 12.3 Å². The van der Waals surface area contributed by atoms with Gasteiger partial charge in [0.05, 0.1) is 6.04 Å². The SMILES string of the molecule is CC(N)C(O)O.Cl. The van der Waals surface area contributed by atoms with E-state index in [0.29, 0.717) is 0 Å². The van der Waals surface area contributed by atoms with Crippen LogP contribution in [0.1, 0.15) is 6.92 Å². The van der Waals surface area contributed by atoms with Crippen LogP contribution in [0.25, 0.3) is 0 Å². The van der Waals surface area contributed by atoms with E-state index in [1.54, 1.807) is 0 Å². The Labute approximate surface area is 48.6 Å². The lowest BCUT2D eigenvalue weighted by Gasteiger charge is -2.03. The fraction of sp³-hybridized carbons (Fsp3) is 1.00. The van der Waals surface area contributed by atoms with Crippen LogP contribution in [-0.4, -0.2) is 22.5 Å². The Morgan fingerprint density at radius 3 is 1.57 bits per heavy atom. The number of aliphatic hydroxyl groups excluding tert-OH is 1. The number of aliphatic hydroxyl groups is 2. The summed E-state index contributed by atoms with van der Waals surface area (Å²) >= 11 is 0. The van der Waals surface area contributed by atoms with E-state index in [2.05, 4.69) is 0 Å². The second-order valence-corrected chi connectivity index (χ2v) is 1.27. The molecule has 1 unspecified atom stereocenters. The molecule has 0 aliphatic heterocycles. The number of hydrogen-bond acceptors (Lipinski definition) is 3. The Bertz CT molecular complexity index is 33.9. The van der Waals surface area contributed by atoms with Gasteiger partial charge in [0.25, 0.3) is 0 Å². The fourth-order valence-corrected chi connectivity index (χ4v) is 0. The molecule has 0 aromatic rings. The molecule has 0 saturated carbocycles. The molecule has 0 spiro atoms.